The number of ether oxygens (including phenoxy) is 1. The molecule has 0 bridgehead atoms. The second-order valence-electron chi connectivity index (χ2n) is 4.37. The number of hydrogen-bond acceptors (Lipinski definition) is 3. The monoisotopic (exact) mass is 228 g/mol. The van der Waals surface area contributed by atoms with Gasteiger partial charge in [-0.2, -0.15) is 0 Å². The highest BCUT2D eigenvalue weighted by Gasteiger charge is 2.41. The first-order valence-electron chi connectivity index (χ1n) is 3.99. The lowest BCUT2D eigenvalue weighted by Crippen LogP contribution is -2.46. The van der Waals surface area contributed by atoms with E-state index in [4.69, 9.17) is 15.4 Å². The van der Waals surface area contributed by atoms with Crippen LogP contribution in [0.5, 0.6) is 0 Å². The summed E-state index contributed by atoms with van der Waals surface area (Å²) in [5.41, 5.74) is -1.03. The molecule has 0 aliphatic carbocycles. The van der Waals surface area contributed by atoms with Gasteiger partial charge in [0.15, 0.2) is 0 Å². The molecule has 0 aromatic carbocycles. The molecule has 0 heterocycles. The molecule has 13 heavy (non-hydrogen) atoms. The molecule has 0 aromatic rings. The van der Waals surface area contributed by atoms with Crippen LogP contribution in [0, 0.1) is 5.41 Å². The molecule has 80 valence electrons. The van der Waals surface area contributed by atoms with E-state index in [0.717, 1.165) is 0 Å². The van der Waals surface area contributed by atoms with E-state index in [2.05, 4.69) is 0 Å². The van der Waals surface area contributed by atoms with Crippen LogP contribution in [0.3, 0.4) is 0 Å². The summed E-state index contributed by atoms with van der Waals surface area (Å²) in [5.74, 6) is -0.179. The van der Waals surface area contributed by atoms with Crippen LogP contribution in [0.25, 0.3) is 0 Å². The maximum absolute atomic E-state index is 10.9. The molecule has 0 aliphatic rings. The van der Waals surface area contributed by atoms with Crippen molar-refractivity contribution in [1.29, 1.82) is 0 Å². The second kappa shape index (κ2) is 3.75. The maximum atomic E-state index is 10.9. The van der Waals surface area contributed by atoms with Gasteiger partial charge in [-0.3, -0.25) is 0 Å². The van der Waals surface area contributed by atoms with E-state index in [1.165, 1.54) is 7.11 Å². The van der Waals surface area contributed by atoms with Crippen molar-refractivity contribution < 1.29 is 13.2 Å². The predicted molar refractivity (Wildman–Crippen MR) is 54.5 cm³/mol. The minimum Gasteiger partial charge on any atom is -0.377 e. The summed E-state index contributed by atoms with van der Waals surface area (Å²) >= 11 is 0. The van der Waals surface area contributed by atoms with E-state index in [-0.39, 0.29) is 11.2 Å². The zero-order valence-corrected chi connectivity index (χ0v) is 10.3. The van der Waals surface area contributed by atoms with Gasteiger partial charge in [0.1, 0.15) is 0 Å². The largest absolute Gasteiger partial charge is 0.377 e. The fraction of sp³-hybridized carbons (Fsp3) is 1.00. The molecular weight excluding hydrogens is 212 g/mol. The Morgan fingerprint density at radius 3 is 1.69 bits per heavy atom. The Labute approximate surface area is 84.8 Å². The van der Waals surface area contributed by atoms with E-state index in [1.54, 1.807) is 6.92 Å². The van der Waals surface area contributed by atoms with E-state index in [1.807, 2.05) is 20.8 Å². The Morgan fingerprint density at radius 1 is 1.23 bits per heavy atom. The van der Waals surface area contributed by atoms with Crippen molar-refractivity contribution in [2.24, 2.45) is 5.41 Å². The fourth-order valence-corrected chi connectivity index (χ4v) is 2.74. The van der Waals surface area contributed by atoms with E-state index < -0.39 is 14.7 Å². The van der Waals surface area contributed by atoms with Crippen molar-refractivity contribution >= 4 is 19.7 Å². The number of methoxy groups -OCH3 is 1. The van der Waals surface area contributed by atoms with E-state index in [9.17, 15) is 8.42 Å². The molecule has 0 saturated carbocycles. The van der Waals surface area contributed by atoms with Crippen LogP contribution in [0.1, 0.15) is 27.7 Å². The summed E-state index contributed by atoms with van der Waals surface area (Å²) in [6.07, 6.45) is 0. The van der Waals surface area contributed by atoms with Gasteiger partial charge >= 0.3 is 0 Å². The molecule has 0 fully saturated rings. The van der Waals surface area contributed by atoms with Gasteiger partial charge in [0.25, 0.3) is 0 Å². The standard InChI is InChI=1S/C8H17ClO3S/c1-7(2,3)8(4,12-5)6-13(9,10)11/h6H2,1-5H3. The molecule has 1 atom stereocenters. The maximum Gasteiger partial charge on any atom is 0.235 e. The molecule has 0 aromatic heterocycles. The zero-order valence-electron chi connectivity index (χ0n) is 8.72. The molecular formula is C8H17ClO3S. The predicted octanol–water partition coefficient (Wildman–Crippen LogP) is 2.01. The van der Waals surface area contributed by atoms with Crippen LogP contribution < -0.4 is 0 Å². The van der Waals surface area contributed by atoms with Gasteiger partial charge in [0.2, 0.25) is 9.05 Å². The van der Waals surface area contributed by atoms with Crippen LogP contribution in [0.4, 0.5) is 0 Å². The SMILES string of the molecule is COC(C)(CS(=O)(=O)Cl)C(C)(C)C. The molecule has 1 unspecified atom stereocenters. The van der Waals surface area contributed by atoms with Crippen LogP contribution in [-0.2, 0) is 13.8 Å². The zero-order chi connectivity index (χ0) is 10.9. The molecule has 5 heteroatoms. The Morgan fingerprint density at radius 2 is 1.62 bits per heavy atom. The smallest absolute Gasteiger partial charge is 0.235 e. The second-order valence-corrected chi connectivity index (χ2v) is 7.15. The summed E-state index contributed by atoms with van der Waals surface area (Å²) in [6.45, 7) is 7.49. The third kappa shape index (κ3) is 3.83. The average molecular weight is 229 g/mol. The highest BCUT2D eigenvalue weighted by molar-refractivity contribution is 8.13. The van der Waals surface area contributed by atoms with Crippen molar-refractivity contribution in [3.05, 3.63) is 0 Å². The first kappa shape index (κ1) is 13.2. The van der Waals surface area contributed by atoms with Gasteiger partial charge in [-0.1, -0.05) is 20.8 Å². The summed E-state index contributed by atoms with van der Waals surface area (Å²) in [5, 5.41) is 0. The van der Waals surface area contributed by atoms with Crippen LogP contribution in [-0.4, -0.2) is 26.9 Å². The minimum atomic E-state index is -3.53. The average Bonchev–Trinajstić information content (AvgIpc) is 1.81. The fourth-order valence-electron chi connectivity index (χ4n) is 0.911. The molecule has 0 N–H and O–H groups in total. The van der Waals surface area contributed by atoms with Gasteiger partial charge in [-0.25, -0.2) is 8.42 Å². The Kier molecular flexibility index (Phi) is 3.81. The number of hydrogen-bond donors (Lipinski definition) is 0. The molecule has 0 aliphatic heterocycles. The summed E-state index contributed by atoms with van der Waals surface area (Å²) < 4.78 is 27.1. The third-order valence-electron chi connectivity index (χ3n) is 2.48. The van der Waals surface area contributed by atoms with Crippen LogP contribution in [0.15, 0.2) is 0 Å². The van der Waals surface area contributed by atoms with Crippen molar-refractivity contribution in [2.75, 3.05) is 12.9 Å². The van der Waals surface area contributed by atoms with Crippen molar-refractivity contribution in [2.45, 2.75) is 33.3 Å². The third-order valence-corrected chi connectivity index (χ3v) is 3.71. The lowest BCUT2D eigenvalue weighted by molar-refractivity contribution is -0.0588. The first-order chi connectivity index (χ1) is 5.52. The van der Waals surface area contributed by atoms with Gasteiger partial charge in [0.05, 0.1) is 11.4 Å². The normalized spacial score (nSPS) is 18.3. The first-order valence-corrected chi connectivity index (χ1v) is 6.47. The summed E-state index contributed by atoms with van der Waals surface area (Å²) in [7, 11) is 3.16. The number of rotatable bonds is 3. The molecule has 0 amide bonds. The molecule has 0 rings (SSSR count). The molecule has 3 nitrogen and oxygen atoms in total. The lowest BCUT2D eigenvalue weighted by Gasteiger charge is -2.39. The molecule has 0 radical (unpaired) electrons. The van der Waals surface area contributed by atoms with Crippen LogP contribution >= 0.6 is 10.7 Å². The van der Waals surface area contributed by atoms with Gasteiger partial charge in [-0.05, 0) is 12.3 Å². The number of halogens is 1. The Hall–Kier alpha value is 0.200. The van der Waals surface area contributed by atoms with Crippen molar-refractivity contribution in [1.82, 2.24) is 0 Å². The van der Waals surface area contributed by atoms with E-state index in [0.29, 0.717) is 0 Å². The molecule has 0 spiro atoms. The Bertz CT molecular complexity index is 266. The summed E-state index contributed by atoms with van der Waals surface area (Å²) in [6, 6.07) is 0. The van der Waals surface area contributed by atoms with Gasteiger partial charge in [0, 0.05) is 17.8 Å². The Balaban J connectivity index is 4.88. The quantitative estimate of drug-likeness (QED) is 0.694. The topological polar surface area (TPSA) is 43.4 Å². The highest BCUT2D eigenvalue weighted by atomic mass is 35.7. The molecule has 0 saturated heterocycles. The highest BCUT2D eigenvalue weighted by Crippen LogP contribution is 2.34. The van der Waals surface area contributed by atoms with Gasteiger partial charge < -0.3 is 4.74 Å². The lowest BCUT2D eigenvalue weighted by atomic mass is 9.79. The van der Waals surface area contributed by atoms with Gasteiger partial charge in [-0.15, -0.1) is 0 Å². The van der Waals surface area contributed by atoms with E-state index >= 15 is 0 Å². The minimum absolute atomic E-state index is 0.179. The van der Waals surface area contributed by atoms with Crippen molar-refractivity contribution in [3.8, 4) is 0 Å². The summed E-state index contributed by atoms with van der Waals surface area (Å²) in [4.78, 5) is 0. The van der Waals surface area contributed by atoms with Crippen LogP contribution in [0.2, 0.25) is 0 Å². The van der Waals surface area contributed by atoms with Crippen molar-refractivity contribution in [3.63, 3.8) is 0 Å².